The highest BCUT2D eigenvalue weighted by molar-refractivity contribution is 6.09. The van der Waals surface area contributed by atoms with Gasteiger partial charge in [0.15, 0.2) is 0 Å². The second kappa shape index (κ2) is 7.37. The van der Waals surface area contributed by atoms with Gasteiger partial charge in [-0.2, -0.15) is 0 Å². The molecule has 0 aliphatic heterocycles. The summed E-state index contributed by atoms with van der Waals surface area (Å²) in [5.74, 6) is 0. The van der Waals surface area contributed by atoms with Crippen LogP contribution in [0.5, 0.6) is 0 Å². The van der Waals surface area contributed by atoms with E-state index in [0.29, 0.717) is 5.71 Å². The average molecular weight is 287 g/mol. The third-order valence-electron chi connectivity index (χ3n) is 3.63. The summed E-state index contributed by atoms with van der Waals surface area (Å²) in [6.45, 7) is 8.25. The molecular weight excluding hydrogens is 266 g/mol. The minimum absolute atomic E-state index is 0.535. The van der Waals surface area contributed by atoms with E-state index in [1.807, 2.05) is 55.5 Å². The molecule has 0 aromatic heterocycles. The Labute approximate surface area is 132 Å². The first kappa shape index (κ1) is 15.7. The smallest absolute Gasteiger partial charge is 0.0612 e. The van der Waals surface area contributed by atoms with E-state index in [0.717, 1.165) is 16.7 Å². The molecule has 110 valence electrons. The highest BCUT2D eigenvalue weighted by Gasteiger charge is 2.00. The van der Waals surface area contributed by atoms with Crippen molar-refractivity contribution in [3.63, 3.8) is 0 Å². The molecule has 1 heteroatoms. The van der Waals surface area contributed by atoms with Crippen LogP contribution in [0.2, 0.25) is 0 Å². The number of hydrogen-bond donors (Lipinski definition) is 1. The van der Waals surface area contributed by atoms with E-state index in [1.54, 1.807) is 6.08 Å². The number of aryl methyl sites for hydroxylation is 1. The maximum atomic E-state index is 7.84. The van der Waals surface area contributed by atoms with Crippen LogP contribution in [0.15, 0.2) is 90.1 Å². The van der Waals surface area contributed by atoms with E-state index >= 15 is 0 Å². The van der Waals surface area contributed by atoms with Gasteiger partial charge >= 0.3 is 0 Å². The molecule has 2 rings (SSSR count). The zero-order valence-corrected chi connectivity index (χ0v) is 13.1. The fourth-order valence-electron chi connectivity index (χ4n) is 2.06. The first-order valence-electron chi connectivity index (χ1n) is 7.33. The lowest BCUT2D eigenvalue weighted by atomic mass is 10.0. The van der Waals surface area contributed by atoms with Gasteiger partial charge in [-0.15, -0.1) is 0 Å². The van der Waals surface area contributed by atoms with Crippen molar-refractivity contribution in [1.82, 2.24) is 0 Å². The molecule has 0 saturated carbocycles. The Bertz CT molecular complexity index is 737. The molecular formula is C21H21N. The first-order valence-corrected chi connectivity index (χ1v) is 7.33. The van der Waals surface area contributed by atoms with Gasteiger partial charge in [-0.25, -0.2) is 0 Å². The minimum Gasteiger partial charge on any atom is -0.300 e. The van der Waals surface area contributed by atoms with E-state index in [1.165, 1.54) is 11.1 Å². The molecule has 0 spiro atoms. The van der Waals surface area contributed by atoms with Crippen molar-refractivity contribution in [1.29, 1.82) is 5.41 Å². The predicted molar refractivity (Wildman–Crippen MR) is 97.2 cm³/mol. The first-order chi connectivity index (χ1) is 10.6. The lowest BCUT2D eigenvalue weighted by molar-refractivity contribution is 1.42. The van der Waals surface area contributed by atoms with Crippen LogP contribution < -0.4 is 0 Å². The summed E-state index contributed by atoms with van der Waals surface area (Å²) in [6, 6.07) is 8.28. The second-order valence-electron chi connectivity index (χ2n) is 5.32. The zero-order valence-electron chi connectivity index (χ0n) is 13.1. The van der Waals surface area contributed by atoms with Crippen molar-refractivity contribution >= 4 is 11.8 Å². The van der Waals surface area contributed by atoms with Crippen molar-refractivity contribution in [3.05, 3.63) is 101 Å². The van der Waals surface area contributed by atoms with E-state index in [4.69, 9.17) is 5.41 Å². The molecule has 0 fully saturated rings. The zero-order chi connectivity index (χ0) is 15.9. The SMILES string of the molecule is C=C(/C=C\c1ccccc1C)/C(C)=C/C=C1/C=CC=CC1=N. The van der Waals surface area contributed by atoms with Crippen LogP contribution in [-0.2, 0) is 0 Å². The van der Waals surface area contributed by atoms with Gasteiger partial charge in [0.25, 0.3) is 0 Å². The van der Waals surface area contributed by atoms with Gasteiger partial charge in [-0.1, -0.05) is 73.4 Å². The normalized spacial score (nSPS) is 16.7. The van der Waals surface area contributed by atoms with E-state index in [9.17, 15) is 0 Å². The number of allylic oxidation sites excluding steroid dienone is 10. The predicted octanol–water partition coefficient (Wildman–Crippen LogP) is 5.58. The van der Waals surface area contributed by atoms with Crippen LogP contribution in [0.25, 0.3) is 6.08 Å². The van der Waals surface area contributed by atoms with Crippen LogP contribution >= 0.6 is 0 Å². The van der Waals surface area contributed by atoms with Crippen molar-refractivity contribution in [3.8, 4) is 0 Å². The molecule has 0 heterocycles. The van der Waals surface area contributed by atoms with Crippen molar-refractivity contribution in [2.45, 2.75) is 13.8 Å². The topological polar surface area (TPSA) is 23.9 Å². The molecule has 0 amide bonds. The molecule has 0 atom stereocenters. The summed E-state index contributed by atoms with van der Waals surface area (Å²) in [5, 5.41) is 7.84. The Hall–Kier alpha value is -2.67. The fourth-order valence-corrected chi connectivity index (χ4v) is 2.06. The third-order valence-corrected chi connectivity index (χ3v) is 3.63. The largest absolute Gasteiger partial charge is 0.300 e. The average Bonchev–Trinajstić information content (AvgIpc) is 2.52. The molecule has 0 radical (unpaired) electrons. The molecule has 1 aromatic carbocycles. The highest BCUT2D eigenvalue weighted by atomic mass is 14.4. The molecule has 0 bridgehead atoms. The lowest BCUT2D eigenvalue weighted by Gasteiger charge is -2.04. The maximum absolute atomic E-state index is 7.84. The minimum atomic E-state index is 0.535. The van der Waals surface area contributed by atoms with E-state index in [-0.39, 0.29) is 0 Å². The molecule has 0 unspecified atom stereocenters. The van der Waals surface area contributed by atoms with Crippen LogP contribution in [0.3, 0.4) is 0 Å². The quantitative estimate of drug-likeness (QED) is 0.699. The molecule has 1 aliphatic rings. The Kier molecular flexibility index (Phi) is 5.26. The van der Waals surface area contributed by atoms with Crippen molar-refractivity contribution < 1.29 is 0 Å². The maximum Gasteiger partial charge on any atom is 0.0612 e. The van der Waals surface area contributed by atoms with Gasteiger partial charge in [0, 0.05) is 0 Å². The fraction of sp³-hybridized carbons (Fsp3) is 0.0952. The molecule has 1 N–H and O–H groups in total. The summed E-state index contributed by atoms with van der Waals surface area (Å²) < 4.78 is 0. The van der Waals surface area contributed by atoms with Gasteiger partial charge in [0.05, 0.1) is 5.71 Å². The molecule has 22 heavy (non-hydrogen) atoms. The van der Waals surface area contributed by atoms with Gasteiger partial charge in [-0.05, 0) is 47.8 Å². The molecule has 0 saturated heterocycles. The van der Waals surface area contributed by atoms with Gasteiger partial charge in [-0.3, -0.25) is 0 Å². The summed E-state index contributed by atoms with van der Waals surface area (Å²) >= 11 is 0. The standard InChI is InChI=1S/C21H21N/c1-16(12-14-19-9-5-4-8-18(19)3)17(2)13-15-20-10-6-7-11-21(20)22/h4-15,22H,1H2,2-3H3/b14-12-,17-13+,20-15-,22-21?. The van der Waals surface area contributed by atoms with E-state index < -0.39 is 0 Å². The van der Waals surface area contributed by atoms with Crippen LogP contribution in [0.1, 0.15) is 18.1 Å². The number of hydrogen-bond acceptors (Lipinski definition) is 1. The van der Waals surface area contributed by atoms with Crippen molar-refractivity contribution in [2.24, 2.45) is 0 Å². The highest BCUT2D eigenvalue weighted by Crippen LogP contribution is 2.15. The summed E-state index contributed by atoms with van der Waals surface area (Å²) in [4.78, 5) is 0. The lowest BCUT2D eigenvalue weighted by Crippen LogP contribution is -1.96. The number of benzene rings is 1. The Morgan fingerprint density at radius 2 is 1.86 bits per heavy atom. The van der Waals surface area contributed by atoms with Gasteiger partial charge < -0.3 is 5.41 Å². The van der Waals surface area contributed by atoms with Crippen LogP contribution in [0, 0.1) is 12.3 Å². The second-order valence-corrected chi connectivity index (χ2v) is 5.32. The Morgan fingerprint density at radius 3 is 2.59 bits per heavy atom. The Morgan fingerprint density at radius 1 is 1.14 bits per heavy atom. The van der Waals surface area contributed by atoms with E-state index in [2.05, 4.69) is 31.7 Å². The number of rotatable bonds is 4. The Balaban J connectivity index is 2.09. The van der Waals surface area contributed by atoms with Crippen molar-refractivity contribution in [2.75, 3.05) is 0 Å². The van der Waals surface area contributed by atoms with Gasteiger partial charge in [0.2, 0.25) is 0 Å². The summed E-state index contributed by atoms with van der Waals surface area (Å²) in [7, 11) is 0. The summed E-state index contributed by atoms with van der Waals surface area (Å²) in [5.41, 5.74) is 5.97. The molecule has 1 aliphatic carbocycles. The van der Waals surface area contributed by atoms with Crippen LogP contribution in [-0.4, -0.2) is 5.71 Å². The number of nitrogens with one attached hydrogen (secondary N) is 1. The third kappa shape index (κ3) is 4.16. The summed E-state index contributed by atoms with van der Waals surface area (Å²) in [6.07, 6.45) is 15.7. The van der Waals surface area contributed by atoms with Gasteiger partial charge in [0.1, 0.15) is 0 Å². The monoisotopic (exact) mass is 287 g/mol. The van der Waals surface area contributed by atoms with Crippen LogP contribution in [0.4, 0.5) is 0 Å². The molecule has 1 nitrogen and oxygen atoms in total. The molecule has 1 aromatic rings.